The van der Waals surface area contributed by atoms with Gasteiger partial charge in [-0.2, -0.15) is 0 Å². The highest BCUT2D eigenvalue weighted by Gasteiger charge is 2.31. The lowest BCUT2D eigenvalue weighted by Gasteiger charge is -2.31. The molecule has 0 amide bonds. The summed E-state index contributed by atoms with van der Waals surface area (Å²) in [5.41, 5.74) is 3.05. The molecule has 4 nitrogen and oxygen atoms in total. The molecule has 148 valence electrons. The molecule has 0 fully saturated rings. The van der Waals surface area contributed by atoms with Gasteiger partial charge in [-0.15, -0.1) is 0 Å². The van der Waals surface area contributed by atoms with Gasteiger partial charge in [-0.1, -0.05) is 80.6 Å². The quantitative estimate of drug-likeness (QED) is 0.548. The van der Waals surface area contributed by atoms with Crippen LogP contribution in [0.5, 0.6) is 0 Å². The first kappa shape index (κ1) is 20.3. The van der Waals surface area contributed by atoms with Gasteiger partial charge in [0.2, 0.25) is 0 Å². The maximum absolute atomic E-state index is 11.9. The maximum Gasteiger partial charge on any atom is 0.335 e. The highest BCUT2D eigenvalue weighted by Crippen LogP contribution is 2.42. The van der Waals surface area contributed by atoms with Gasteiger partial charge in [0.25, 0.3) is 0 Å². The molecule has 3 unspecified atom stereocenters. The van der Waals surface area contributed by atoms with Crippen molar-refractivity contribution in [1.29, 1.82) is 0 Å². The molecule has 0 aromatic heterocycles. The highest BCUT2D eigenvalue weighted by atomic mass is 16.4. The number of carbonyl (C=O) groups is 2. The summed E-state index contributed by atoms with van der Waals surface area (Å²) in [7, 11) is 0. The third-order valence-electron chi connectivity index (χ3n) is 5.68. The smallest absolute Gasteiger partial charge is 0.335 e. The fourth-order valence-corrected chi connectivity index (χ4v) is 4.05. The Morgan fingerprint density at radius 1 is 0.655 bits per heavy atom. The Labute approximate surface area is 170 Å². The second-order valence-corrected chi connectivity index (χ2v) is 7.32. The Balaban J connectivity index is 2.13. The van der Waals surface area contributed by atoms with Gasteiger partial charge in [-0.3, -0.25) is 0 Å². The van der Waals surface area contributed by atoms with E-state index in [0.717, 1.165) is 16.7 Å². The fourth-order valence-electron chi connectivity index (χ4n) is 4.05. The van der Waals surface area contributed by atoms with E-state index >= 15 is 0 Å². The summed E-state index contributed by atoms with van der Waals surface area (Å²) in [6.07, 6.45) is 0. The predicted molar refractivity (Wildman–Crippen MR) is 113 cm³/mol. The molecule has 0 bridgehead atoms. The van der Waals surface area contributed by atoms with Crippen molar-refractivity contribution in [2.45, 2.75) is 25.7 Å². The van der Waals surface area contributed by atoms with Crippen LogP contribution >= 0.6 is 0 Å². The third kappa shape index (κ3) is 4.21. The second kappa shape index (κ2) is 8.74. The van der Waals surface area contributed by atoms with Crippen LogP contribution in [-0.2, 0) is 0 Å². The molecule has 0 heterocycles. The van der Waals surface area contributed by atoms with Crippen molar-refractivity contribution in [2.24, 2.45) is 5.92 Å². The van der Waals surface area contributed by atoms with Gasteiger partial charge < -0.3 is 10.2 Å². The van der Waals surface area contributed by atoms with E-state index in [-0.39, 0.29) is 28.9 Å². The molecule has 0 radical (unpaired) electrons. The van der Waals surface area contributed by atoms with E-state index in [4.69, 9.17) is 0 Å². The highest BCUT2D eigenvalue weighted by molar-refractivity contribution is 5.90. The van der Waals surface area contributed by atoms with Crippen molar-refractivity contribution < 1.29 is 19.8 Å². The Morgan fingerprint density at radius 3 is 1.66 bits per heavy atom. The lowest BCUT2D eigenvalue weighted by molar-refractivity contribution is 0.0685. The topological polar surface area (TPSA) is 74.6 Å². The van der Waals surface area contributed by atoms with Crippen LogP contribution in [0.3, 0.4) is 0 Å². The molecule has 0 saturated heterocycles. The number of hydrogen-bond acceptors (Lipinski definition) is 2. The first-order chi connectivity index (χ1) is 13.9. The van der Waals surface area contributed by atoms with Crippen molar-refractivity contribution >= 4 is 11.9 Å². The van der Waals surface area contributed by atoms with Gasteiger partial charge >= 0.3 is 11.9 Å². The SMILES string of the molecule is CC(c1ccccc1C(=O)O)C(C)C(c1ccccc1)c1ccccc1C(=O)O. The molecule has 0 spiro atoms. The predicted octanol–water partition coefficient (Wildman–Crippen LogP) is 5.65. The van der Waals surface area contributed by atoms with E-state index in [9.17, 15) is 19.8 Å². The summed E-state index contributed by atoms with van der Waals surface area (Å²) < 4.78 is 0. The molecule has 3 rings (SSSR count). The van der Waals surface area contributed by atoms with Crippen LogP contribution in [0.4, 0.5) is 0 Å². The van der Waals surface area contributed by atoms with Gasteiger partial charge in [-0.25, -0.2) is 9.59 Å². The molecule has 4 heteroatoms. The van der Waals surface area contributed by atoms with Gasteiger partial charge in [0.1, 0.15) is 0 Å². The number of rotatable bonds is 7. The maximum atomic E-state index is 11.9. The summed E-state index contributed by atoms with van der Waals surface area (Å²) in [5, 5.41) is 19.3. The van der Waals surface area contributed by atoms with Crippen LogP contribution in [0.2, 0.25) is 0 Å². The average molecular weight is 388 g/mol. The third-order valence-corrected chi connectivity index (χ3v) is 5.68. The largest absolute Gasteiger partial charge is 0.478 e. The fraction of sp³-hybridized carbons (Fsp3) is 0.200. The van der Waals surface area contributed by atoms with E-state index < -0.39 is 11.9 Å². The van der Waals surface area contributed by atoms with Gasteiger partial charge in [0.05, 0.1) is 11.1 Å². The minimum atomic E-state index is -0.965. The zero-order valence-electron chi connectivity index (χ0n) is 16.4. The number of carboxylic acid groups (broad SMARTS) is 2. The average Bonchev–Trinajstić information content (AvgIpc) is 2.74. The van der Waals surface area contributed by atoms with Crippen molar-refractivity contribution in [1.82, 2.24) is 0 Å². The standard InChI is InChI=1S/C25H24O4/c1-16(19-12-6-8-14-21(19)24(26)27)17(2)23(18-10-4-3-5-11-18)20-13-7-9-15-22(20)25(28)29/h3-17,23H,1-2H3,(H,26,27)(H,28,29). The van der Waals surface area contributed by atoms with Crippen molar-refractivity contribution in [3.8, 4) is 0 Å². The van der Waals surface area contributed by atoms with Crippen LogP contribution < -0.4 is 0 Å². The van der Waals surface area contributed by atoms with Crippen LogP contribution in [0.1, 0.15) is 63.1 Å². The summed E-state index contributed by atoms with van der Waals surface area (Å²) in [6, 6.07) is 23.9. The van der Waals surface area contributed by atoms with Gasteiger partial charge in [-0.05, 0) is 40.7 Å². The molecular weight excluding hydrogens is 364 g/mol. The first-order valence-electron chi connectivity index (χ1n) is 9.61. The lowest BCUT2D eigenvalue weighted by Crippen LogP contribution is -2.21. The normalized spacial score (nSPS) is 14.0. The number of benzene rings is 3. The molecular formula is C25H24O4. The number of aromatic carboxylic acids is 2. The van der Waals surface area contributed by atoms with Crippen molar-refractivity contribution in [2.75, 3.05) is 0 Å². The van der Waals surface area contributed by atoms with Crippen molar-refractivity contribution in [3.63, 3.8) is 0 Å². The molecule has 0 aliphatic carbocycles. The van der Waals surface area contributed by atoms with E-state index in [0.29, 0.717) is 0 Å². The minimum absolute atomic E-state index is 0.0431. The Kier molecular flexibility index (Phi) is 6.13. The summed E-state index contributed by atoms with van der Waals surface area (Å²) >= 11 is 0. The van der Waals surface area contributed by atoms with E-state index in [2.05, 4.69) is 6.92 Å². The zero-order chi connectivity index (χ0) is 21.0. The van der Waals surface area contributed by atoms with Crippen LogP contribution in [0.25, 0.3) is 0 Å². The Hall–Kier alpha value is -3.40. The van der Waals surface area contributed by atoms with E-state index in [1.165, 1.54) is 0 Å². The summed E-state index contributed by atoms with van der Waals surface area (Å²) in [6.45, 7) is 4.06. The Morgan fingerprint density at radius 2 is 1.10 bits per heavy atom. The zero-order valence-corrected chi connectivity index (χ0v) is 16.4. The lowest BCUT2D eigenvalue weighted by atomic mass is 9.72. The number of carboxylic acids is 2. The molecule has 29 heavy (non-hydrogen) atoms. The summed E-state index contributed by atoms with van der Waals surface area (Å²) in [4.78, 5) is 23.6. The number of hydrogen-bond donors (Lipinski definition) is 2. The van der Waals surface area contributed by atoms with Crippen LogP contribution in [-0.4, -0.2) is 22.2 Å². The first-order valence-corrected chi connectivity index (χ1v) is 9.61. The molecule has 3 atom stereocenters. The molecule has 0 aliphatic rings. The molecule has 0 saturated carbocycles. The Bertz CT molecular complexity index is 1010. The molecule has 3 aromatic carbocycles. The van der Waals surface area contributed by atoms with Crippen molar-refractivity contribution in [3.05, 3.63) is 107 Å². The molecule has 0 aliphatic heterocycles. The second-order valence-electron chi connectivity index (χ2n) is 7.32. The molecule has 3 aromatic rings. The van der Waals surface area contributed by atoms with Gasteiger partial charge in [0, 0.05) is 5.92 Å². The molecule has 2 N–H and O–H groups in total. The van der Waals surface area contributed by atoms with E-state index in [1.54, 1.807) is 24.3 Å². The van der Waals surface area contributed by atoms with Crippen LogP contribution in [0, 0.1) is 5.92 Å². The van der Waals surface area contributed by atoms with Gasteiger partial charge in [0.15, 0.2) is 0 Å². The van der Waals surface area contributed by atoms with E-state index in [1.807, 2.05) is 61.5 Å². The monoisotopic (exact) mass is 388 g/mol. The minimum Gasteiger partial charge on any atom is -0.478 e. The summed E-state index contributed by atoms with van der Waals surface area (Å²) in [5.74, 6) is -2.26. The van der Waals surface area contributed by atoms with Crippen LogP contribution in [0.15, 0.2) is 78.9 Å².